The standard InChI is InChI=1S/C15H22N2OS/c1-18-12-7-10-5-6-11(8-12)17(10)9-15-16-13-3-2-4-14(13)19-15/h10-12H,2-9H2,1H3. The Hall–Kier alpha value is -0.450. The van der Waals surface area contributed by atoms with Gasteiger partial charge in [0.2, 0.25) is 0 Å². The molecule has 0 N–H and O–H groups in total. The Kier molecular flexibility index (Phi) is 3.13. The molecule has 0 spiro atoms. The van der Waals surface area contributed by atoms with Crippen molar-refractivity contribution in [2.24, 2.45) is 0 Å². The number of hydrogen-bond donors (Lipinski definition) is 0. The minimum atomic E-state index is 0.495. The van der Waals surface area contributed by atoms with E-state index in [1.165, 1.54) is 55.6 Å². The number of ether oxygens (including phenoxy) is 1. The van der Waals surface area contributed by atoms with Crippen LogP contribution < -0.4 is 0 Å². The van der Waals surface area contributed by atoms with Gasteiger partial charge in [-0.3, -0.25) is 4.90 Å². The summed E-state index contributed by atoms with van der Waals surface area (Å²) < 4.78 is 5.58. The second-order valence-electron chi connectivity index (χ2n) is 6.22. The molecule has 3 nitrogen and oxygen atoms in total. The fourth-order valence-electron chi connectivity index (χ4n) is 4.14. The Morgan fingerprint density at radius 2 is 2.05 bits per heavy atom. The topological polar surface area (TPSA) is 25.4 Å². The van der Waals surface area contributed by atoms with E-state index in [1.807, 2.05) is 18.4 Å². The van der Waals surface area contributed by atoms with Crippen molar-refractivity contribution in [3.63, 3.8) is 0 Å². The van der Waals surface area contributed by atoms with Gasteiger partial charge in [-0.05, 0) is 44.9 Å². The third-order valence-corrected chi connectivity index (χ3v) is 6.27. The van der Waals surface area contributed by atoms with E-state index < -0.39 is 0 Å². The van der Waals surface area contributed by atoms with Crippen LogP contribution in [0.15, 0.2) is 0 Å². The summed E-state index contributed by atoms with van der Waals surface area (Å²) in [6.45, 7) is 1.09. The first-order valence-corrected chi connectivity index (χ1v) is 8.41. The summed E-state index contributed by atoms with van der Waals surface area (Å²) in [5, 5.41) is 1.36. The van der Waals surface area contributed by atoms with Crippen molar-refractivity contribution < 1.29 is 4.74 Å². The van der Waals surface area contributed by atoms with Gasteiger partial charge in [0.15, 0.2) is 0 Å². The molecule has 2 saturated heterocycles. The Bertz CT molecular complexity index is 437. The van der Waals surface area contributed by atoms with Crippen molar-refractivity contribution >= 4 is 11.3 Å². The molecule has 1 aromatic rings. The van der Waals surface area contributed by atoms with Gasteiger partial charge in [-0.1, -0.05) is 0 Å². The third-order valence-electron chi connectivity index (χ3n) is 5.13. The van der Waals surface area contributed by atoms with Gasteiger partial charge >= 0.3 is 0 Å². The largest absolute Gasteiger partial charge is 0.381 e. The summed E-state index contributed by atoms with van der Waals surface area (Å²) in [6, 6.07) is 1.48. The van der Waals surface area contributed by atoms with E-state index in [0.29, 0.717) is 6.10 Å². The van der Waals surface area contributed by atoms with E-state index in [1.54, 1.807) is 4.88 Å². The van der Waals surface area contributed by atoms with Crippen LogP contribution in [0.4, 0.5) is 0 Å². The summed E-state index contributed by atoms with van der Waals surface area (Å²) in [5.41, 5.74) is 1.40. The van der Waals surface area contributed by atoms with Gasteiger partial charge in [0.25, 0.3) is 0 Å². The van der Waals surface area contributed by atoms with E-state index >= 15 is 0 Å². The monoisotopic (exact) mass is 278 g/mol. The van der Waals surface area contributed by atoms with Gasteiger partial charge < -0.3 is 4.74 Å². The number of nitrogens with zero attached hydrogens (tertiary/aromatic N) is 2. The zero-order valence-electron chi connectivity index (χ0n) is 11.6. The van der Waals surface area contributed by atoms with Gasteiger partial charge in [0.05, 0.1) is 18.3 Å². The molecule has 19 heavy (non-hydrogen) atoms. The fraction of sp³-hybridized carbons (Fsp3) is 0.800. The minimum absolute atomic E-state index is 0.495. The first-order chi connectivity index (χ1) is 9.33. The molecule has 2 bridgehead atoms. The molecule has 0 aromatic carbocycles. The van der Waals surface area contributed by atoms with E-state index in [-0.39, 0.29) is 0 Å². The second-order valence-corrected chi connectivity index (χ2v) is 7.39. The molecule has 2 fully saturated rings. The second kappa shape index (κ2) is 4.83. The fourth-order valence-corrected chi connectivity index (χ4v) is 5.31. The molecule has 1 aromatic heterocycles. The molecule has 1 aliphatic carbocycles. The van der Waals surface area contributed by atoms with Crippen molar-refractivity contribution in [1.82, 2.24) is 9.88 Å². The molecule has 0 radical (unpaired) electrons. The van der Waals surface area contributed by atoms with E-state index in [4.69, 9.17) is 9.72 Å². The molecule has 3 heterocycles. The molecule has 104 valence electrons. The maximum Gasteiger partial charge on any atom is 0.107 e. The van der Waals surface area contributed by atoms with Crippen LogP contribution in [-0.2, 0) is 24.1 Å². The predicted octanol–water partition coefficient (Wildman–Crippen LogP) is 2.77. The summed E-state index contributed by atoms with van der Waals surface area (Å²) in [6.07, 6.45) is 9.45. The maximum absolute atomic E-state index is 5.58. The third kappa shape index (κ3) is 2.14. The number of aromatic nitrogens is 1. The molecule has 4 rings (SSSR count). The average molecular weight is 278 g/mol. The molecule has 2 atom stereocenters. The van der Waals surface area contributed by atoms with Gasteiger partial charge in [-0.2, -0.15) is 0 Å². The lowest BCUT2D eigenvalue weighted by atomic mass is 10.00. The van der Waals surface area contributed by atoms with E-state index in [9.17, 15) is 0 Å². The number of methoxy groups -OCH3 is 1. The highest BCUT2D eigenvalue weighted by Crippen LogP contribution is 2.38. The molecule has 0 amide bonds. The highest BCUT2D eigenvalue weighted by Gasteiger charge is 2.41. The normalized spacial score (nSPS) is 33.8. The van der Waals surface area contributed by atoms with Gasteiger partial charge in [-0.25, -0.2) is 4.98 Å². The zero-order chi connectivity index (χ0) is 12.8. The lowest BCUT2D eigenvalue weighted by Crippen LogP contribution is -2.44. The molecule has 2 aliphatic heterocycles. The lowest BCUT2D eigenvalue weighted by Gasteiger charge is -2.37. The number of thiazole rings is 1. The zero-order valence-corrected chi connectivity index (χ0v) is 12.4. The molecule has 2 unspecified atom stereocenters. The molecular weight excluding hydrogens is 256 g/mol. The Labute approximate surface area is 119 Å². The van der Waals surface area contributed by atoms with Crippen molar-refractivity contribution in [1.29, 1.82) is 0 Å². The van der Waals surface area contributed by atoms with Crippen LogP contribution in [0.25, 0.3) is 0 Å². The van der Waals surface area contributed by atoms with Crippen LogP contribution >= 0.6 is 11.3 Å². The number of piperidine rings is 1. The summed E-state index contributed by atoms with van der Waals surface area (Å²) >= 11 is 1.97. The van der Waals surface area contributed by atoms with Gasteiger partial charge in [0.1, 0.15) is 5.01 Å². The quantitative estimate of drug-likeness (QED) is 0.850. The van der Waals surface area contributed by atoms with Crippen LogP contribution in [0.5, 0.6) is 0 Å². The number of aryl methyl sites for hydroxylation is 2. The highest BCUT2D eigenvalue weighted by molar-refractivity contribution is 7.11. The number of fused-ring (bicyclic) bond motifs is 3. The number of rotatable bonds is 3. The lowest BCUT2D eigenvalue weighted by molar-refractivity contribution is 0.00248. The maximum atomic E-state index is 5.58. The molecule has 0 saturated carbocycles. The Balaban J connectivity index is 1.48. The van der Waals surface area contributed by atoms with Gasteiger partial charge in [-0.15, -0.1) is 11.3 Å². The van der Waals surface area contributed by atoms with E-state index in [2.05, 4.69) is 4.90 Å². The molecule has 3 aliphatic rings. The predicted molar refractivity (Wildman–Crippen MR) is 76.5 cm³/mol. The minimum Gasteiger partial charge on any atom is -0.381 e. The Morgan fingerprint density at radius 3 is 2.74 bits per heavy atom. The van der Waals surface area contributed by atoms with Crippen LogP contribution in [0, 0.1) is 0 Å². The highest BCUT2D eigenvalue weighted by atomic mass is 32.1. The van der Waals surface area contributed by atoms with Crippen molar-refractivity contribution in [2.45, 2.75) is 69.7 Å². The first kappa shape index (κ1) is 12.3. The smallest absolute Gasteiger partial charge is 0.107 e. The number of hydrogen-bond acceptors (Lipinski definition) is 4. The van der Waals surface area contributed by atoms with Crippen molar-refractivity contribution in [3.05, 3.63) is 15.6 Å². The van der Waals surface area contributed by atoms with Crippen molar-refractivity contribution in [3.8, 4) is 0 Å². The Morgan fingerprint density at radius 1 is 1.26 bits per heavy atom. The first-order valence-electron chi connectivity index (χ1n) is 7.59. The SMILES string of the molecule is COC1CC2CCC(C1)N2Cc1nc2c(s1)CCC2. The van der Waals surface area contributed by atoms with E-state index in [0.717, 1.165) is 18.6 Å². The van der Waals surface area contributed by atoms with Gasteiger partial charge in [0, 0.05) is 24.1 Å². The van der Waals surface area contributed by atoms with Crippen LogP contribution in [-0.4, -0.2) is 35.2 Å². The molecule has 4 heteroatoms. The van der Waals surface area contributed by atoms with Crippen molar-refractivity contribution in [2.75, 3.05) is 7.11 Å². The summed E-state index contributed by atoms with van der Waals surface area (Å²) in [7, 11) is 1.87. The van der Waals surface area contributed by atoms with Crippen LogP contribution in [0.2, 0.25) is 0 Å². The summed E-state index contributed by atoms with van der Waals surface area (Å²) in [5.74, 6) is 0. The average Bonchev–Trinajstić information content (AvgIpc) is 3.03. The molecular formula is C15H22N2OS. The van der Waals surface area contributed by atoms with Crippen LogP contribution in [0.3, 0.4) is 0 Å². The van der Waals surface area contributed by atoms with Crippen LogP contribution in [0.1, 0.15) is 47.7 Å². The summed E-state index contributed by atoms with van der Waals surface area (Å²) in [4.78, 5) is 9.14.